The summed E-state index contributed by atoms with van der Waals surface area (Å²) in [6, 6.07) is 11.2. The number of benzene rings is 2. The molecule has 4 heteroatoms. The normalized spacial score (nSPS) is 10.4. The van der Waals surface area contributed by atoms with Crippen molar-refractivity contribution in [3.63, 3.8) is 0 Å². The van der Waals surface area contributed by atoms with Gasteiger partial charge >= 0.3 is 0 Å². The molecule has 21 heavy (non-hydrogen) atoms. The lowest BCUT2D eigenvalue weighted by molar-refractivity contribution is 0.102. The minimum Gasteiger partial charge on any atom is -0.507 e. The van der Waals surface area contributed by atoms with Crippen LogP contribution in [0.5, 0.6) is 5.75 Å². The van der Waals surface area contributed by atoms with Gasteiger partial charge in [-0.25, -0.2) is 4.39 Å². The summed E-state index contributed by atoms with van der Waals surface area (Å²) >= 11 is 0. The summed E-state index contributed by atoms with van der Waals surface area (Å²) in [6.07, 6.45) is 3.25. The van der Waals surface area contributed by atoms with Crippen LogP contribution in [0.4, 0.5) is 10.1 Å². The van der Waals surface area contributed by atoms with Gasteiger partial charge in [0.25, 0.3) is 5.91 Å². The molecule has 0 bridgehead atoms. The Labute approximate surface area is 123 Å². The minimum absolute atomic E-state index is 0.340. The molecule has 2 rings (SSSR count). The van der Waals surface area contributed by atoms with Crippen molar-refractivity contribution in [3.05, 3.63) is 59.4 Å². The number of carbonyl (C=O) groups is 1. The number of phenolic OH excluding ortho intramolecular Hbond substituents is 1. The van der Waals surface area contributed by atoms with Crippen LogP contribution in [0.1, 0.15) is 35.7 Å². The molecular formula is C17H18FNO2. The first-order valence-corrected chi connectivity index (χ1v) is 6.99. The third-order valence-corrected chi connectivity index (χ3v) is 3.25. The Hall–Kier alpha value is -2.36. The van der Waals surface area contributed by atoms with Gasteiger partial charge in [-0.15, -0.1) is 0 Å². The third kappa shape index (κ3) is 3.81. The Bertz CT molecular complexity index is 603. The predicted octanol–water partition coefficient (Wildman–Crippen LogP) is 4.13. The third-order valence-electron chi connectivity index (χ3n) is 3.25. The smallest absolute Gasteiger partial charge is 0.262 e. The Morgan fingerprint density at radius 2 is 1.90 bits per heavy atom. The number of phenols is 1. The van der Waals surface area contributed by atoms with Crippen LogP contribution in [0.3, 0.4) is 0 Å². The number of anilines is 1. The Morgan fingerprint density at radius 1 is 1.19 bits per heavy atom. The highest BCUT2D eigenvalue weighted by Crippen LogP contribution is 2.21. The van der Waals surface area contributed by atoms with E-state index >= 15 is 0 Å². The van der Waals surface area contributed by atoms with Gasteiger partial charge in [-0.05, 0) is 42.7 Å². The van der Waals surface area contributed by atoms with Crippen molar-refractivity contribution >= 4 is 11.6 Å². The van der Waals surface area contributed by atoms with Crippen molar-refractivity contribution < 1.29 is 14.3 Å². The number of hydrogen-bond acceptors (Lipinski definition) is 2. The van der Waals surface area contributed by atoms with Gasteiger partial charge in [0.05, 0.1) is 0 Å². The molecule has 0 atom stereocenters. The lowest BCUT2D eigenvalue weighted by Gasteiger charge is -2.08. The van der Waals surface area contributed by atoms with Gasteiger partial charge in [0.2, 0.25) is 0 Å². The number of nitrogens with one attached hydrogen (secondary N) is 1. The fourth-order valence-corrected chi connectivity index (χ4v) is 2.07. The molecule has 110 valence electrons. The molecule has 0 saturated carbocycles. The molecule has 1 amide bonds. The Morgan fingerprint density at radius 3 is 2.52 bits per heavy atom. The maximum Gasteiger partial charge on any atom is 0.262 e. The van der Waals surface area contributed by atoms with Gasteiger partial charge in [0.15, 0.2) is 0 Å². The van der Waals surface area contributed by atoms with E-state index in [1.54, 1.807) is 12.1 Å². The van der Waals surface area contributed by atoms with Gasteiger partial charge in [0, 0.05) is 5.69 Å². The van der Waals surface area contributed by atoms with E-state index in [2.05, 4.69) is 12.2 Å². The number of aryl methyl sites for hydroxylation is 1. The largest absolute Gasteiger partial charge is 0.507 e. The van der Waals surface area contributed by atoms with Crippen LogP contribution in [-0.2, 0) is 6.42 Å². The zero-order valence-electron chi connectivity index (χ0n) is 11.9. The van der Waals surface area contributed by atoms with Gasteiger partial charge < -0.3 is 10.4 Å². The van der Waals surface area contributed by atoms with Crippen molar-refractivity contribution in [2.75, 3.05) is 5.32 Å². The number of rotatable bonds is 5. The molecule has 0 saturated heterocycles. The average molecular weight is 287 g/mol. The first kappa shape index (κ1) is 15.0. The fourth-order valence-electron chi connectivity index (χ4n) is 2.07. The summed E-state index contributed by atoms with van der Waals surface area (Å²) in [5.41, 5.74) is 1.43. The average Bonchev–Trinajstić information content (AvgIpc) is 2.46. The summed E-state index contributed by atoms with van der Waals surface area (Å²) < 4.78 is 13.6. The van der Waals surface area contributed by atoms with Crippen LogP contribution in [0.15, 0.2) is 42.5 Å². The molecule has 2 aromatic carbocycles. The highest BCUT2D eigenvalue weighted by molar-refractivity contribution is 6.06. The number of amides is 1. The van der Waals surface area contributed by atoms with Crippen molar-refractivity contribution in [1.82, 2.24) is 0 Å². The van der Waals surface area contributed by atoms with E-state index in [1.165, 1.54) is 17.7 Å². The molecule has 0 fully saturated rings. The number of unbranched alkanes of at least 4 members (excludes halogenated alkanes) is 1. The minimum atomic E-state index is -0.743. The molecule has 0 spiro atoms. The van der Waals surface area contributed by atoms with E-state index < -0.39 is 11.7 Å². The van der Waals surface area contributed by atoms with Crippen LogP contribution in [0.2, 0.25) is 0 Å². The van der Waals surface area contributed by atoms with E-state index in [0.717, 1.165) is 25.3 Å². The number of carbonyl (C=O) groups excluding carboxylic acids is 1. The summed E-state index contributed by atoms with van der Waals surface area (Å²) in [5.74, 6) is -1.77. The van der Waals surface area contributed by atoms with Crippen molar-refractivity contribution in [2.24, 2.45) is 0 Å². The fraction of sp³-hybridized carbons (Fsp3) is 0.235. The molecule has 0 aliphatic rings. The molecule has 3 nitrogen and oxygen atoms in total. The van der Waals surface area contributed by atoms with Crippen LogP contribution in [0.25, 0.3) is 0 Å². The second kappa shape index (κ2) is 6.88. The zero-order chi connectivity index (χ0) is 15.2. The lowest BCUT2D eigenvalue weighted by atomic mass is 10.1. The molecule has 0 radical (unpaired) electrons. The highest BCUT2D eigenvalue weighted by Gasteiger charge is 2.16. The van der Waals surface area contributed by atoms with Crippen molar-refractivity contribution in [3.8, 4) is 5.75 Å². The second-order valence-corrected chi connectivity index (χ2v) is 4.89. The van der Waals surface area contributed by atoms with Gasteiger partial charge in [0.1, 0.15) is 17.1 Å². The van der Waals surface area contributed by atoms with E-state index in [0.29, 0.717) is 5.69 Å². The molecule has 0 aliphatic carbocycles. The molecule has 2 aromatic rings. The summed E-state index contributed by atoms with van der Waals surface area (Å²) in [7, 11) is 0. The standard InChI is InChI=1S/C17H18FNO2/c1-2-3-5-12-8-10-13(11-9-12)19-17(21)16-14(18)6-4-7-15(16)20/h4,6-11,20H,2-3,5H2,1H3,(H,19,21). The highest BCUT2D eigenvalue weighted by atomic mass is 19.1. The van der Waals surface area contributed by atoms with Gasteiger partial charge in [-0.2, -0.15) is 0 Å². The number of aromatic hydroxyl groups is 1. The van der Waals surface area contributed by atoms with Gasteiger partial charge in [-0.1, -0.05) is 31.5 Å². The number of halogens is 1. The number of hydrogen-bond donors (Lipinski definition) is 2. The van der Waals surface area contributed by atoms with Crippen LogP contribution in [-0.4, -0.2) is 11.0 Å². The van der Waals surface area contributed by atoms with E-state index in [1.807, 2.05) is 12.1 Å². The maximum absolute atomic E-state index is 13.6. The zero-order valence-corrected chi connectivity index (χ0v) is 11.9. The monoisotopic (exact) mass is 287 g/mol. The van der Waals surface area contributed by atoms with Crippen molar-refractivity contribution in [1.29, 1.82) is 0 Å². The molecule has 2 N–H and O–H groups in total. The van der Waals surface area contributed by atoms with E-state index in [-0.39, 0.29) is 11.3 Å². The summed E-state index contributed by atoms with van der Waals surface area (Å²) in [5, 5.41) is 12.2. The topological polar surface area (TPSA) is 49.3 Å². The molecule has 0 heterocycles. The second-order valence-electron chi connectivity index (χ2n) is 4.89. The Balaban J connectivity index is 2.09. The molecule has 0 aliphatic heterocycles. The van der Waals surface area contributed by atoms with Crippen LogP contribution in [0, 0.1) is 5.82 Å². The molecular weight excluding hydrogens is 269 g/mol. The first-order valence-electron chi connectivity index (χ1n) is 6.99. The maximum atomic E-state index is 13.6. The van der Waals surface area contributed by atoms with Gasteiger partial charge in [-0.3, -0.25) is 4.79 Å². The molecule has 0 aromatic heterocycles. The quantitative estimate of drug-likeness (QED) is 0.868. The summed E-state index contributed by atoms with van der Waals surface area (Å²) in [4.78, 5) is 12.0. The predicted molar refractivity (Wildman–Crippen MR) is 81.1 cm³/mol. The first-order chi connectivity index (χ1) is 10.1. The van der Waals surface area contributed by atoms with Crippen LogP contribution < -0.4 is 5.32 Å². The van der Waals surface area contributed by atoms with Crippen LogP contribution >= 0.6 is 0 Å². The molecule has 0 unspecified atom stereocenters. The Kier molecular flexibility index (Phi) is 4.93. The van der Waals surface area contributed by atoms with E-state index in [9.17, 15) is 14.3 Å². The lowest BCUT2D eigenvalue weighted by Crippen LogP contribution is -2.14. The SMILES string of the molecule is CCCCc1ccc(NC(=O)c2c(O)cccc2F)cc1. The summed E-state index contributed by atoms with van der Waals surface area (Å²) in [6.45, 7) is 2.13. The van der Waals surface area contributed by atoms with E-state index in [4.69, 9.17) is 0 Å². The van der Waals surface area contributed by atoms with Crippen molar-refractivity contribution in [2.45, 2.75) is 26.2 Å².